The molecule has 11 nitrogen and oxygen atoms in total. The van der Waals surface area contributed by atoms with Crippen LogP contribution in [0.15, 0.2) is 40.9 Å². The summed E-state index contributed by atoms with van der Waals surface area (Å²) in [5.74, 6) is 1.69. The molecule has 0 saturated carbocycles. The number of hydrogen-bond donors (Lipinski definition) is 1. The van der Waals surface area contributed by atoms with Gasteiger partial charge in [0.25, 0.3) is 5.91 Å². The smallest absolute Gasteiger partial charge is 0.338 e. The van der Waals surface area contributed by atoms with E-state index in [1.807, 2.05) is 6.92 Å². The first-order chi connectivity index (χ1) is 16.9. The number of ether oxygens (including phenoxy) is 4. The molecule has 0 spiro atoms. The molecule has 1 aliphatic heterocycles. The van der Waals surface area contributed by atoms with Gasteiger partial charge in [-0.05, 0) is 49.8 Å². The SMILES string of the molecule is CCOc1cc(/C=C/c2onc(C)c2[N+](=O)[O-])ccc1OCC(=O)Nc1ccc2c(c1)OCCO2. The summed E-state index contributed by atoms with van der Waals surface area (Å²) in [5.41, 5.74) is 1.26. The van der Waals surface area contributed by atoms with Crippen molar-refractivity contribution in [2.24, 2.45) is 0 Å². The lowest BCUT2D eigenvalue weighted by Gasteiger charge is -2.19. The molecule has 0 bridgehead atoms. The predicted octanol–water partition coefficient (Wildman–Crippen LogP) is 4.25. The highest BCUT2D eigenvalue weighted by Crippen LogP contribution is 2.33. The Hall–Kier alpha value is -4.54. The second-order valence-corrected chi connectivity index (χ2v) is 7.41. The topological polar surface area (TPSA) is 135 Å². The van der Waals surface area contributed by atoms with Crippen LogP contribution in [-0.4, -0.2) is 42.4 Å². The van der Waals surface area contributed by atoms with E-state index in [0.717, 1.165) is 0 Å². The second-order valence-electron chi connectivity index (χ2n) is 7.41. The Morgan fingerprint density at radius 2 is 1.91 bits per heavy atom. The summed E-state index contributed by atoms with van der Waals surface area (Å²) < 4.78 is 27.3. The zero-order valence-corrected chi connectivity index (χ0v) is 19.1. The summed E-state index contributed by atoms with van der Waals surface area (Å²) in [4.78, 5) is 23.1. The van der Waals surface area contributed by atoms with Crippen molar-refractivity contribution in [3.05, 3.63) is 63.5 Å². The summed E-state index contributed by atoms with van der Waals surface area (Å²) in [6.07, 6.45) is 3.10. The highest BCUT2D eigenvalue weighted by molar-refractivity contribution is 5.92. The van der Waals surface area contributed by atoms with Gasteiger partial charge in [-0.1, -0.05) is 17.3 Å². The Kier molecular flexibility index (Phi) is 7.15. The van der Waals surface area contributed by atoms with Crippen molar-refractivity contribution in [2.75, 3.05) is 31.7 Å². The van der Waals surface area contributed by atoms with Gasteiger partial charge in [-0.2, -0.15) is 0 Å². The van der Waals surface area contributed by atoms with E-state index in [2.05, 4.69) is 10.5 Å². The average Bonchev–Trinajstić information content (AvgIpc) is 3.22. The van der Waals surface area contributed by atoms with Crippen molar-refractivity contribution < 1.29 is 33.2 Å². The number of aryl methyl sites for hydroxylation is 1. The largest absolute Gasteiger partial charge is 0.490 e. The number of amides is 1. The molecule has 0 saturated heterocycles. The summed E-state index contributed by atoms with van der Waals surface area (Å²) in [7, 11) is 0. The lowest BCUT2D eigenvalue weighted by molar-refractivity contribution is -0.386. The van der Waals surface area contributed by atoms with Crippen molar-refractivity contribution in [3.63, 3.8) is 0 Å². The molecule has 0 radical (unpaired) electrons. The van der Waals surface area contributed by atoms with Crippen LogP contribution >= 0.6 is 0 Å². The van der Waals surface area contributed by atoms with E-state index in [9.17, 15) is 14.9 Å². The number of rotatable bonds is 9. The van der Waals surface area contributed by atoms with E-state index < -0.39 is 4.92 Å². The molecule has 11 heteroatoms. The lowest BCUT2D eigenvalue weighted by atomic mass is 10.1. The minimum absolute atomic E-state index is 0.0431. The molecule has 1 aromatic heterocycles. The number of nitro groups is 1. The van der Waals surface area contributed by atoms with E-state index >= 15 is 0 Å². The third kappa shape index (κ3) is 5.69. The van der Waals surface area contributed by atoms with Gasteiger partial charge in [-0.15, -0.1) is 0 Å². The van der Waals surface area contributed by atoms with Gasteiger partial charge < -0.3 is 28.8 Å². The van der Waals surface area contributed by atoms with Crippen molar-refractivity contribution in [1.29, 1.82) is 0 Å². The summed E-state index contributed by atoms with van der Waals surface area (Å²) in [6.45, 7) is 4.40. The molecule has 0 unspecified atom stereocenters. The third-order valence-electron chi connectivity index (χ3n) is 4.92. The van der Waals surface area contributed by atoms with Crippen molar-refractivity contribution >= 4 is 29.4 Å². The van der Waals surface area contributed by atoms with E-state index in [4.69, 9.17) is 23.5 Å². The fraction of sp³-hybridized carbons (Fsp3) is 0.250. The number of carbonyl (C=O) groups is 1. The first-order valence-electron chi connectivity index (χ1n) is 10.8. The molecule has 2 heterocycles. The molecule has 0 fully saturated rings. The molecule has 0 atom stereocenters. The number of nitrogens with one attached hydrogen (secondary N) is 1. The van der Waals surface area contributed by atoms with Gasteiger partial charge in [-0.25, -0.2) is 0 Å². The van der Waals surface area contributed by atoms with Gasteiger partial charge in [0.1, 0.15) is 13.2 Å². The molecule has 3 aromatic rings. The molecule has 1 amide bonds. The molecular formula is C24H23N3O8. The maximum absolute atomic E-state index is 12.4. The summed E-state index contributed by atoms with van der Waals surface area (Å²) in [6, 6.07) is 10.2. The van der Waals surface area contributed by atoms with Gasteiger partial charge in [-0.3, -0.25) is 14.9 Å². The van der Waals surface area contributed by atoms with Crippen molar-refractivity contribution in [1.82, 2.24) is 5.16 Å². The van der Waals surface area contributed by atoms with Crippen LogP contribution in [-0.2, 0) is 4.79 Å². The Balaban J connectivity index is 1.41. The van der Waals surface area contributed by atoms with Crippen LogP contribution in [0.25, 0.3) is 12.2 Å². The maximum Gasteiger partial charge on any atom is 0.338 e. The molecule has 1 N–H and O–H groups in total. The Labute approximate surface area is 200 Å². The third-order valence-corrected chi connectivity index (χ3v) is 4.92. The predicted molar refractivity (Wildman–Crippen MR) is 126 cm³/mol. The Bertz CT molecular complexity index is 1270. The van der Waals surface area contributed by atoms with Gasteiger partial charge in [0.15, 0.2) is 35.3 Å². The number of carbonyl (C=O) groups excluding carboxylic acids is 1. The highest BCUT2D eigenvalue weighted by Gasteiger charge is 2.22. The fourth-order valence-corrected chi connectivity index (χ4v) is 3.36. The molecular weight excluding hydrogens is 458 g/mol. The van der Waals surface area contributed by atoms with Crippen LogP contribution in [0.1, 0.15) is 23.9 Å². The second kappa shape index (κ2) is 10.6. The number of anilines is 1. The number of nitrogens with zero attached hydrogens (tertiary/aromatic N) is 2. The van der Waals surface area contributed by atoms with E-state index in [1.165, 1.54) is 13.0 Å². The minimum Gasteiger partial charge on any atom is -0.490 e. The van der Waals surface area contributed by atoms with Crippen LogP contribution in [0.2, 0.25) is 0 Å². The van der Waals surface area contributed by atoms with Crippen LogP contribution in [0, 0.1) is 17.0 Å². The maximum atomic E-state index is 12.4. The number of benzene rings is 2. The Morgan fingerprint density at radius 1 is 1.11 bits per heavy atom. The van der Waals surface area contributed by atoms with Crippen LogP contribution in [0.4, 0.5) is 11.4 Å². The average molecular weight is 481 g/mol. The van der Waals surface area contributed by atoms with Crippen LogP contribution in [0.5, 0.6) is 23.0 Å². The first-order valence-corrected chi connectivity index (χ1v) is 10.8. The first kappa shape index (κ1) is 23.6. The summed E-state index contributed by atoms with van der Waals surface area (Å²) in [5, 5.41) is 17.6. The molecule has 182 valence electrons. The zero-order valence-electron chi connectivity index (χ0n) is 19.1. The summed E-state index contributed by atoms with van der Waals surface area (Å²) >= 11 is 0. The van der Waals surface area contributed by atoms with Gasteiger partial charge in [0, 0.05) is 11.8 Å². The van der Waals surface area contributed by atoms with Gasteiger partial charge >= 0.3 is 5.69 Å². The van der Waals surface area contributed by atoms with Gasteiger partial charge in [0.2, 0.25) is 5.76 Å². The lowest BCUT2D eigenvalue weighted by Crippen LogP contribution is -2.21. The van der Waals surface area contributed by atoms with E-state index in [1.54, 1.807) is 42.5 Å². The number of hydrogen-bond acceptors (Lipinski definition) is 9. The molecule has 2 aromatic carbocycles. The normalized spacial score (nSPS) is 12.4. The number of aromatic nitrogens is 1. The molecule has 1 aliphatic rings. The van der Waals surface area contributed by atoms with Crippen LogP contribution < -0.4 is 24.3 Å². The highest BCUT2D eigenvalue weighted by atomic mass is 16.6. The van der Waals surface area contributed by atoms with Crippen LogP contribution in [0.3, 0.4) is 0 Å². The van der Waals surface area contributed by atoms with Gasteiger partial charge in [0.05, 0.1) is 11.5 Å². The van der Waals surface area contributed by atoms with Crippen molar-refractivity contribution in [3.8, 4) is 23.0 Å². The fourth-order valence-electron chi connectivity index (χ4n) is 3.36. The molecule has 4 rings (SSSR count). The monoisotopic (exact) mass is 481 g/mol. The van der Waals surface area contributed by atoms with E-state index in [-0.39, 0.29) is 29.7 Å². The zero-order chi connectivity index (χ0) is 24.8. The standard InChI is InChI=1S/C24H23N3O8/c1-3-31-21-12-16(5-8-20-24(27(29)30)15(2)26-35-20)4-7-19(21)34-14-23(28)25-17-6-9-18-22(13-17)33-11-10-32-18/h4-9,12-13H,3,10-11,14H2,1-2H3,(H,25,28)/b8-5+. The quantitative estimate of drug-likeness (QED) is 0.351. The minimum atomic E-state index is -0.538. The van der Waals surface area contributed by atoms with Crippen molar-refractivity contribution in [2.45, 2.75) is 13.8 Å². The molecule has 35 heavy (non-hydrogen) atoms. The number of fused-ring (bicyclic) bond motifs is 1. The Morgan fingerprint density at radius 3 is 2.69 bits per heavy atom. The van der Waals surface area contributed by atoms with E-state index in [0.29, 0.717) is 54.1 Å². The molecule has 0 aliphatic carbocycles.